The van der Waals surface area contributed by atoms with Crippen LogP contribution in [0.4, 0.5) is 5.13 Å². The van der Waals surface area contributed by atoms with Gasteiger partial charge in [0.1, 0.15) is 0 Å². The van der Waals surface area contributed by atoms with Crippen LogP contribution < -0.4 is 5.73 Å². The van der Waals surface area contributed by atoms with Gasteiger partial charge in [0.05, 0.1) is 6.07 Å². The van der Waals surface area contributed by atoms with Crippen molar-refractivity contribution in [3.8, 4) is 6.07 Å². The van der Waals surface area contributed by atoms with Gasteiger partial charge in [-0.3, -0.25) is 4.57 Å². The summed E-state index contributed by atoms with van der Waals surface area (Å²) < 4.78 is 15.2. The quantitative estimate of drug-likeness (QED) is 0.386. The number of esters is 1. The van der Waals surface area contributed by atoms with Gasteiger partial charge in [-0.25, -0.2) is 9.78 Å². The molecular weight excluding hydrogens is 305 g/mol. The summed E-state index contributed by atoms with van der Waals surface area (Å²) in [5.74, 6) is -0.906. The van der Waals surface area contributed by atoms with Crippen molar-refractivity contribution in [1.29, 1.82) is 5.26 Å². The summed E-state index contributed by atoms with van der Waals surface area (Å²) in [6.07, 6.45) is 1.32. The lowest BCUT2D eigenvalue weighted by molar-refractivity contribution is 0.0543. The summed E-state index contributed by atoms with van der Waals surface area (Å²) in [6, 6.07) is 2.02. The summed E-state index contributed by atoms with van der Waals surface area (Å²) in [4.78, 5) is 33.4. The number of thiazole rings is 1. The number of nitrogen functional groups attached to an aromatic ring is 1. The van der Waals surface area contributed by atoms with E-state index in [-0.39, 0.29) is 10.8 Å². The first-order valence-electron chi connectivity index (χ1n) is 5.67. The number of nitrogens with zero attached hydrogens (tertiary/aromatic N) is 2. The number of hydrogen-bond acceptors (Lipinski definition) is 7. The zero-order valence-electron chi connectivity index (χ0n) is 10.5. The minimum Gasteiger partial charge on any atom is -0.448 e. The second-order valence-electron chi connectivity index (χ2n) is 3.91. The molecule has 1 heterocycles. The Hall–Kier alpha value is -1.46. The maximum atomic E-state index is 11.7. The topological polar surface area (TPSA) is 147 Å². The monoisotopic (exact) mass is 319 g/mol. The minimum absolute atomic E-state index is 0.0158. The van der Waals surface area contributed by atoms with E-state index in [1.807, 2.05) is 6.07 Å². The summed E-state index contributed by atoms with van der Waals surface area (Å²) in [6.45, 7) is 0. The Balaban J connectivity index is 2.67. The van der Waals surface area contributed by atoms with Gasteiger partial charge in [0.25, 0.3) is 0 Å². The van der Waals surface area contributed by atoms with Gasteiger partial charge in [-0.1, -0.05) is 0 Å². The van der Waals surface area contributed by atoms with Crippen LogP contribution >= 0.6 is 18.9 Å². The number of carbonyl (C=O) groups excluding carboxylic acids is 1. The molecule has 1 rings (SSSR count). The van der Waals surface area contributed by atoms with Crippen molar-refractivity contribution in [2.75, 3.05) is 12.1 Å². The van der Waals surface area contributed by atoms with E-state index in [2.05, 4.69) is 9.72 Å². The second kappa shape index (κ2) is 7.36. The van der Waals surface area contributed by atoms with E-state index in [0.29, 0.717) is 30.6 Å². The van der Waals surface area contributed by atoms with Gasteiger partial charge >= 0.3 is 13.6 Å². The van der Waals surface area contributed by atoms with Crippen LogP contribution in [-0.4, -0.2) is 27.1 Å². The predicted octanol–water partition coefficient (Wildman–Crippen LogP) is 1.25. The fourth-order valence-electron chi connectivity index (χ4n) is 1.40. The van der Waals surface area contributed by atoms with Crippen LogP contribution in [0.2, 0.25) is 0 Å². The number of anilines is 1. The Labute approximate surface area is 119 Å². The lowest BCUT2D eigenvalue weighted by atomic mass is 10.1. The zero-order valence-corrected chi connectivity index (χ0v) is 12.2. The van der Waals surface area contributed by atoms with Gasteiger partial charge in [0, 0.05) is 11.3 Å². The second-order valence-corrected chi connectivity index (χ2v) is 6.62. The van der Waals surface area contributed by atoms with Crippen LogP contribution in [0.1, 0.15) is 34.6 Å². The third-order valence-electron chi connectivity index (χ3n) is 2.21. The highest BCUT2D eigenvalue weighted by molar-refractivity contribution is 7.51. The van der Waals surface area contributed by atoms with Crippen LogP contribution in [0.15, 0.2) is 0 Å². The van der Waals surface area contributed by atoms with Gasteiger partial charge in [0.2, 0.25) is 0 Å². The molecule has 0 fully saturated rings. The lowest BCUT2D eigenvalue weighted by Gasteiger charge is -2.05. The lowest BCUT2D eigenvalue weighted by Crippen LogP contribution is -2.09. The molecule has 0 atom stereocenters. The molecule has 0 bridgehead atoms. The van der Waals surface area contributed by atoms with Gasteiger partial charge in [0.15, 0.2) is 17.2 Å². The maximum Gasteiger partial charge on any atom is 0.362 e. The number of nitrogens with two attached hydrogens (primary N) is 1. The number of hydrogen-bond donors (Lipinski definition) is 3. The molecule has 0 amide bonds. The average molecular weight is 319 g/mol. The van der Waals surface area contributed by atoms with Crippen molar-refractivity contribution >= 4 is 30.0 Å². The molecule has 1 aromatic heterocycles. The van der Waals surface area contributed by atoms with Crippen molar-refractivity contribution in [2.45, 2.75) is 25.7 Å². The summed E-state index contributed by atoms with van der Waals surface area (Å²) in [7, 11) is -4.41. The van der Waals surface area contributed by atoms with Crippen molar-refractivity contribution in [1.82, 2.24) is 4.98 Å². The smallest absolute Gasteiger partial charge is 0.362 e. The Morgan fingerprint density at radius 2 is 2.20 bits per heavy atom. The first-order valence-corrected chi connectivity index (χ1v) is 8.28. The summed E-state index contributed by atoms with van der Waals surface area (Å²) >= 11 is 1.12. The molecule has 0 spiro atoms. The molecule has 0 aromatic carbocycles. The molecule has 0 aliphatic rings. The highest BCUT2D eigenvalue weighted by Crippen LogP contribution is 2.34. The number of carbonyl (C=O) groups is 1. The van der Waals surface area contributed by atoms with E-state index < -0.39 is 19.9 Å². The fraction of sp³-hybridized carbons (Fsp3) is 0.500. The molecule has 20 heavy (non-hydrogen) atoms. The third-order valence-corrected chi connectivity index (χ3v) is 3.62. The Morgan fingerprint density at radius 3 is 2.80 bits per heavy atom. The number of aryl methyl sites for hydroxylation is 1. The van der Waals surface area contributed by atoms with Crippen molar-refractivity contribution in [2.24, 2.45) is 0 Å². The average Bonchev–Trinajstić information content (AvgIpc) is 2.72. The highest BCUT2D eigenvalue weighted by Gasteiger charge is 2.22. The standard InChI is InChI=1S/C10H14N3O5PS/c11-5-3-1-2-4-7-8(13-10(12)20-7)9(14)18-6-19(15,16)17/h1-4,6H2,(H2,12,13)(H2,15,16,17). The van der Waals surface area contributed by atoms with Crippen LogP contribution in [0.3, 0.4) is 0 Å². The number of rotatable bonds is 7. The van der Waals surface area contributed by atoms with Crippen LogP contribution in [0.25, 0.3) is 0 Å². The van der Waals surface area contributed by atoms with E-state index in [1.54, 1.807) is 0 Å². The number of nitriles is 1. The van der Waals surface area contributed by atoms with E-state index in [4.69, 9.17) is 20.8 Å². The highest BCUT2D eigenvalue weighted by atomic mass is 32.1. The molecule has 0 saturated carbocycles. The number of aromatic nitrogens is 1. The van der Waals surface area contributed by atoms with Gasteiger partial charge in [-0.05, 0) is 19.3 Å². The first kappa shape index (κ1) is 16.6. The fourth-order valence-corrected chi connectivity index (χ4v) is 2.55. The molecule has 4 N–H and O–H groups in total. The van der Waals surface area contributed by atoms with Crippen LogP contribution in [0, 0.1) is 11.3 Å². The molecule has 0 saturated heterocycles. The molecule has 8 nitrogen and oxygen atoms in total. The molecule has 0 radical (unpaired) electrons. The van der Waals surface area contributed by atoms with Crippen LogP contribution in [-0.2, 0) is 15.7 Å². The number of ether oxygens (including phenoxy) is 1. The predicted molar refractivity (Wildman–Crippen MR) is 72.0 cm³/mol. The minimum atomic E-state index is -4.41. The normalized spacial score (nSPS) is 11.1. The molecule has 0 aliphatic heterocycles. The first-order chi connectivity index (χ1) is 9.33. The molecule has 10 heteroatoms. The molecule has 1 aromatic rings. The molecular formula is C10H14N3O5PS. The Kier molecular flexibility index (Phi) is 6.10. The number of unbranched alkanes of at least 4 members (excludes halogenated alkanes) is 2. The van der Waals surface area contributed by atoms with Crippen molar-refractivity contribution in [3.63, 3.8) is 0 Å². The van der Waals surface area contributed by atoms with E-state index in [0.717, 1.165) is 11.3 Å². The summed E-state index contributed by atoms with van der Waals surface area (Å²) in [5, 5.41) is 8.61. The largest absolute Gasteiger partial charge is 0.448 e. The molecule has 0 unspecified atom stereocenters. The molecule has 110 valence electrons. The summed E-state index contributed by atoms with van der Waals surface area (Å²) in [5.41, 5.74) is 5.51. The Morgan fingerprint density at radius 1 is 1.50 bits per heavy atom. The maximum absolute atomic E-state index is 11.7. The van der Waals surface area contributed by atoms with E-state index >= 15 is 0 Å². The van der Waals surface area contributed by atoms with Crippen molar-refractivity contribution in [3.05, 3.63) is 10.6 Å². The van der Waals surface area contributed by atoms with Crippen LogP contribution in [0.5, 0.6) is 0 Å². The SMILES string of the molecule is N#CCCCCc1sc(N)nc1C(=O)OCP(=O)(O)O. The van der Waals surface area contributed by atoms with E-state index in [1.165, 1.54) is 0 Å². The zero-order chi connectivity index (χ0) is 15.2. The van der Waals surface area contributed by atoms with Crippen molar-refractivity contribution < 1.29 is 23.9 Å². The van der Waals surface area contributed by atoms with Gasteiger partial charge in [-0.15, -0.1) is 11.3 Å². The Bertz CT molecular complexity index is 562. The van der Waals surface area contributed by atoms with Gasteiger partial charge < -0.3 is 20.3 Å². The third kappa shape index (κ3) is 5.67. The van der Waals surface area contributed by atoms with Gasteiger partial charge in [-0.2, -0.15) is 5.26 Å². The van der Waals surface area contributed by atoms with E-state index in [9.17, 15) is 9.36 Å². The molecule has 0 aliphatic carbocycles.